The van der Waals surface area contributed by atoms with Crippen molar-refractivity contribution in [3.63, 3.8) is 0 Å². The lowest BCUT2D eigenvalue weighted by atomic mass is 10.1. The van der Waals surface area contributed by atoms with Crippen molar-refractivity contribution in [2.75, 3.05) is 26.4 Å². The number of unbranched alkanes of at least 4 members (excludes halogenated alkanes) is 9. The molecule has 0 rings (SSSR count). The lowest BCUT2D eigenvalue weighted by Gasteiger charge is -2.28. The van der Waals surface area contributed by atoms with Gasteiger partial charge in [-0.05, 0) is 33.6 Å². The number of aliphatic hydroxyl groups excluding tert-OH is 1. The lowest BCUT2D eigenvalue weighted by Crippen LogP contribution is -2.45. The monoisotopic (exact) mass is 348 g/mol. The summed E-state index contributed by atoms with van der Waals surface area (Å²) < 4.78 is 17.6. The molecule has 0 heterocycles. The molecule has 0 unspecified atom stereocenters. The van der Waals surface area contributed by atoms with Gasteiger partial charge in [0.15, 0.2) is 0 Å². The van der Waals surface area contributed by atoms with Crippen LogP contribution in [-0.4, -0.2) is 40.3 Å². The highest BCUT2D eigenvalue weighted by Crippen LogP contribution is 2.21. The molecule has 5 heteroatoms. The molecule has 0 aliphatic heterocycles. The van der Waals surface area contributed by atoms with E-state index in [1.165, 1.54) is 51.4 Å². The quantitative estimate of drug-likeness (QED) is 0.282. The van der Waals surface area contributed by atoms with Gasteiger partial charge in [0.05, 0.1) is 0 Å². The highest BCUT2D eigenvalue weighted by atomic mass is 28.4. The summed E-state index contributed by atoms with van der Waals surface area (Å²) in [7, 11) is -2.41. The summed E-state index contributed by atoms with van der Waals surface area (Å²) in [5, 5.41) is 8.72. The summed E-state index contributed by atoms with van der Waals surface area (Å²) in [6, 6.07) is 0.948. The van der Waals surface area contributed by atoms with Crippen molar-refractivity contribution in [3.05, 3.63) is 0 Å². The molecular formula is C18H40O4Si. The molecular weight excluding hydrogens is 308 g/mol. The van der Waals surface area contributed by atoms with Gasteiger partial charge >= 0.3 is 8.80 Å². The number of aliphatic hydroxyl groups is 1. The van der Waals surface area contributed by atoms with E-state index in [-0.39, 0.29) is 0 Å². The van der Waals surface area contributed by atoms with Crippen LogP contribution in [0.4, 0.5) is 0 Å². The molecule has 140 valence electrons. The van der Waals surface area contributed by atoms with Crippen LogP contribution >= 0.6 is 0 Å². The van der Waals surface area contributed by atoms with Gasteiger partial charge < -0.3 is 18.4 Å². The third-order valence-corrected chi connectivity index (χ3v) is 7.14. The maximum Gasteiger partial charge on any atom is 0.500 e. The Kier molecular flexibility index (Phi) is 16.9. The van der Waals surface area contributed by atoms with E-state index >= 15 is 0 Å². The van der Waals surface area contributed by atoms with Crippen LogP contribution in [0.5, 0.6) is 0 Å². The molecule has 0 aromatic carbocycles. The Hall–Kier alpha value is 0.0569. The second kappa shape index (κ2) is 16.9. The molecule has 0 fully saturated rings. The Bertz CT molecular complexity index is 222. The molecule has 0 aromatic heterocycles. The first-order chi connectivity index (χ1) is 11.2. The standard InChI is InChI=1S/C18H40O4Si/c1-4-20-23(21-5-2,22-6-3)18-16-14-12-10-8-7-9-11-13-15-17-19/h19H,4-18H2,1-3H3. The Morgan fingerprint density at radius 3 is 1.26 bits per heavy atom. The predicted octanol–water partition coefficient (Wildman–Crippen LogP) is 4.93. The maximum absolute atomic E-state index is 8.72. The van der Waals surface area contributed by atoms with Crippen molar-refractivity contribution >= 4 is 8.80 Å². The largest absolute Gasteiger partial charge is 0.500 e. The minimum atomic E-state index is -2.41. The lowest BCUT2D eigenvalue weighted by molar-refractivity contribution is 0.0706. The van der Waals surface area contributed by atoms with E-state index in [2.05, 4.69) is 0 Å². The SMILES string of the molecule is CCO[Si](CCCCCCCCCCCCO)(OCC)OCC. The maximum atomic E-state index is 8.72. The van der Waals surface area contributed by atoms with E-state index in [0.717, 1.165) is 18.9 Å². The van der Waals surface area contributed by atoms with Crippen LogP contribution in [0, 0.1) is 0 Å². The summed E-state index contributed by atoms with van der Waals surface area (Å²) >= 11 is 0. The van der Waals surface area contributed by atoms with Crippen molar-refractivity contribution < 1.29 is 18.4 Å². The zero-order valence-electron chi connectivity index (χ0n) is 15.8. The third-order valence-electron chi connectivity index (χ3n) is 3.98. The van der Waals surface area contributed by atoms with Crippen molar-refractivity contribution in [1.29, 1.82) is 0 Å². The second-order valence-corrected chi connectivity index (χ2v) is 8.72. The zero-order valence-corrected chi connectivity index (χ0v) is 16.8. The number of hydrogen-bond acceptors (Lipinski definition) is 4. The molecule has 4 nitrogen and oxygen atoms in total. The van der Waals surface area contributed by atoms with Crippen molar-refractivity contribution in [3.8, 4) is 0 Å². The topological polar surface area (TPSA) is 47.9 Å². The second-order valence-electron chi connectivity index (χ2n) is 5.99. The fourth-order valence-electron chi connectivity index (χ4n) is 2.87. The summed E-state index contributed by atoms with van der Waals surface area (Å²) in [6.07, 6.45) is 12.4. The Morgan fingerprint density at radius 2 is 0.913 bits per heavy atom. The van der Waals surface area contributed by atoms with Crippen molar-refractivity contribution in [1.82, 2.24) is 0 Å². The summed E-state index contributed by atoms with van der Waals surface area (Å²) in [4.78, 5) is 0. The van der Waals surface area contributed by atoms with Gasteiger partial charge in [-0.1, -0.05) is 51.4 Å². The van der Waals surface area contributed by atoms with Gasteiger partial charge in [0.2, 0.25) is 0 Å². The Morgan fingerprint density at radius 1 is 0.565 bits per heavy atom. The molecule has 23 heavy (non-hydrogen) atoms. The molecule has 0 atom stereocenters. The molecule has 0 radical (unpaired) electrons. The van der Waals surface area contributed by atoms with Crippen LogP contribution < -0.4 is 0 Å². The normalized spacial score (nSPS) is 12.0. The van der Waals surface area contributed by atoms with E-state index in [4.69, 9.17) is 18.4 Å². The van der Waals surface area contributed by atoms with Crippen LogP contribution in [0.2, 0.25) is 6.04 Å². The minimum Gasteiger partial charge on any atom is -0.396 e. The van der Waals surface area contributed by atoms with Crippen LogP contribution in [-0.2, 0) is 13.3 Å². The molecule has 0 aliphatic rings. The van der Waals surface area contributed by atoms with E-state index in [1.807, 2.05) is 20.8 Å². The zero-order chi connectivity index (χ0) is 17.2. The van der Waals surface area contributed by atoms with Gasteiger partial charge in [-0.15, -0.1) is 0 Å². The first-order valence-corrected chi connectivity index (χ1v) is 11.7. The summed E-state index contributed by atoms with van der Waals surface area (Å²) in [5.74, 6) is 0. The van der Waals surface area contributed by atoms with E-state index in [0.29, 0.717) is 26.4 Å². The van der Waals surface area contributed by atoms with Crippen molar-refractivity contribution in [2.45, 2.75) is 91.0 Å². The van der Waals surface area contributed by atoms with Crippen LogP contribution in [0.3, 0.4) is 0 Å². The number of hydrogen-bond donors (Lipinski definition) is 1. The van der Waals surface area contributed by atoms with Gasteiger partial charge in [-0.3, -0.25) is 0 Å². The molecule has 0 spiro atoms. The molecule has 0 saturated heterocycles. The fraction of sp³-hybridized carbons (Fsp3) is 1.00. The molecule has 0 amide bonds. The highest BCUT2D eigenvalue weighted by molar-refractivity contribution is 6.60. The smallest absolute Gasteiger partial charge is 0.396 e. The van der Waals surface area contributed by atoms with Gasteiger partial charge in [0.1, 0.15) is 0 Å². The van der Waals surface area contributed by atoms with Gasteiger partial charge in [-0.25, -0.2) is 0 Å². The predicted molar refractivity (Wildman–Crippen MR) is 98.7 cm³/mol. The average molecular weight is 349 g/mol. The van der Waals surface area contributed by atoms with Gasteiger partial charge in [0, 0.05) is 32.5 Å². The van der Waals surface area contributed by atoms with Crippen LogP contribution in [0.1, 0.15) is 85.0 Å². The number of rotatable bonds is 18. The molecule has 0 aromatic rings. The molecule has 0 aliphatic carbocycles. The average Bonchev–Trinajstić information content (AvgIpc) is 2.53. The van der Waals surface area contributed by atoms with Crippen LogP contribution in [0.15, 0.2) is 0 Å². The van der Waals surface area contributed by atoms with E-state index in [1.54, 1.807) is 0 Å². The Labute approximate surface area is 145 Å². The third kappa shape index (κ3) is 13.1. The summed E-state index contributed by atoms with van der Waals surface area (Å²) in [6.45, 7) is 8.39. The highest BCUT2D eigenvalue weighted by Gasteiger charge is 2.39. The molecule has 1 N–H and O–H groups in total. The first-order valence-electron chi connectivity index (χ1n) is 9.77. The van der Waals surface area contributed by atoms with Gasteiger partial charge in [0.25, 0.3) is 0 Å². The first kappa shape index (κ1) is 23.1. The van der Waals surface area contributed by atoms with Crippen LogP contribution in [0.25, 0.3) is 0 Å². The fourth-order valence-corrected chi connectivity index (χ4v) is 5.55. The molecule has 0 bridgehead atoms. The Balaban J connectivity index is 3.65. The van der Waals surface area contributed by atoms with Crippen molar-refractivity contribution in [2.24, 2.45) is 0 Å². The molecule has 0 saturated carbocycles. The van der Waals surface area contributed by atoms with E-state index in [9.17, 15) is 0 Å². The minimum absolute atomic E-state index is 0.343. The van der Waals surface area contributed by atoms with E-state index < -0.39 is 8.80 Å². The van der Waals surface area contributed by atoms with Gasteiger partial charge in [-0.2, -0.15) is 0 Å². The summed E-state index contributed by atoms with van der Waals surface area (Å²) in [5.41, 5.74) is 0.